The number of piperidine rings is 1. The van der Waals surface area contributed by atoms with Crippen molar-refractivity contribution in [1.29, 1.82) is 0 Å². The van der Waals surface area contributed by atoms with Crippen molar-refractivity contribution in [3.63, 3.8) is 0 Å². The summed E-state index contributed by atoms with van der Waals surface area (Å²) in [5, 5.41) is 7.71. The summed E-state index contributed by atoms with van der Waals surface area (Å²) in [7, 11) is 0. The van der Waals surface area contributed by atoms with E-state index in [0.717, 1.165) is 18.1 Å². The van der Waals surface area contributed by atoms with Crippen LogP contribution in [0.2, 0.25) is 5.02 Å². The van der Waals surface area contributed by atoms with E-state index in [9.17, 15) is 0 Å². The van der Waals surface area contributed by atoms with Crippen LogP contribution < -0.4 is 4.90 Å². The number of hydrogen-bond acceptors (Lipinski definition) is 2. The standard InChI is InChI=1S/C14H16ClN3/c15-13-3-1-2-12(8-13)11-4-6-18(7-5-11)14-9-16-17-10-14/h1-3,8-11H,4-7H2,(H,16,17). The van der Waals surface area contributed by atoms with E-state index in [1.54, 1.807) is 0 Å². The first-order valence-electron chi connectivity index (χ1n) is 6.32. The van der Waals surface area contributed by atoms with Crippen molar-refractivity contribution in [2.45, 2.75) is 18.8 Å². The molecule has 4 heteroatoms. The van der Waals surface area contributed by atoms with Gasteiger partial charge in [-0.2, -0.15) is 5.10 Å². The Morgan fingerprint density at radius 1 is 1.28 bits per heavy atom. The quantitative estimate of drug-likeness (QED) is 0.898. The third kappa shape index (κ3) is 2.36. The molecule has 18 heavy (non-hydrogen) atoms. The molecule has 2 heterocycles. The van der Waals surface area contributed by atoms with Crippen molar-refractivity contribution in [2.24, 2.45) is 0 Å². The lowest BCUT2D eigenvalue weighted by Crippen LogP contribution is -2.32. The summed E-state index contributed by atoms with van der Waals surface area (Å²) < 4.78 is 0. The van der Waals surface area contributed by atoms with Gasteiger partial charge in [-0.05, 0) is 36.5 Å². The number of benzene rings is 1. The largest absolute Gasteiger partial charge is 0.369 e. The molecule has 1 aromatic heterocycles. The fourth-order valence-electron chi connectivity index (χ4n) is 2.65. The number of aromatic nitrogens is 2. The second kappa shape index (κ2) is 5.02. The molecular weight excluding hydrogens is 246 g/mol. The maximum Gasteiger partial charge on any atom is 0.0749 e. The highest BCUT2D eigenvalue weighted by Crippen LogP contribution is 2.31. The van der Waals surface area contributed by atoms with Gasteiger partial charge in [-0.1, -0.05) is 23.7 Å². The van der Waals surface area contributed by atoms with Crippen LogP contribution in [0.15, 0.2) is 36.7 Å². The molecule has 1 saturated heterocycles. The van der Waals surface area contributed by atoms with E-state index >= 15 is 0 Å². The summed E-state index contributed by atoms with van der Waals surface area (Å²) in [5.41, 5.74) is 2.56. The average molecular weight is 262 g/mol. The van der Waals surface area contributed by atoms with E-state index in [4.69, 9.17) is 11.6 Å². The third-order valence-corrected chi connectivity index (χ3v) is 3.90. The minimum atomic E-state index is 0.631. The van der Waals surface area contributed by atoms with Crippen LogP contribution in [-0.2, 0) is 0 Å². The van der Waals surface area contributed by atoms with E-state index < -0.39 is 0 Å². The highest BCUT2D eigenvalue weighted by molar-refractivity contribution is 6.30. The number of nitrogens with one attached hydrogen (secondary N) is 1. The lowest BCUT2D eigenvalue weighted by molar-refractivity contribution is 0.505. The predicted octanol–water partition coefficient (Wildman–Crippen LogP) is 3.45. The Kier molecular flexibility index (Phi) is 3.24. The molecule has 0 radical (unpaired) electrons. The van der Waals surface area contributed by atoms with Gasteiger partial charge in [0.15, 0.2) is 0 Å². The van der Waals surface area contributed by atoms with Crippen molar-refractivity contribution in [2.75, 3.05) is 18.0 Å². The summed E-state index contributed by atoms with van der Waals surface area (Å²) in [6.07, 6.45) is 6.19. The Balaban J connectivity index is 1.67. The van der Waals surface area contributed by atoms with E-state index in [1.165, 1.54) is 24.1 Å². The first kappa shape index (κ1) is 11.6. The third-order valence-electron chi connectivity index (χ3n) is 3.66. The van der Waals surface area contributed by atoms with E-state index in [0.29, 0.717) is 5.92 Å². The van der Waals surface area contributed by atoms with Crippen LogP contribution in [-0.4, -0.2) is 23.3 Å². The second-order valence-corrected chi connectivity index (χ2v) is 5.21. The molecule has 0 unspecified atom stereocenters. The molecule has 1 aliphatic rings. The monoisotopic (exact) mass is 261 g/mol. The maximum absolute atomic E-state index is 6.05. The van der Waals surface area contributed by atoms with Crippen LogP contribution in [0.3, 0.4) is 0 Å². The molecule has 3 nitrogen and oxygen atoms in total. The van der Waals surface area contributed by atoms with Gasteiger partial charge < -0.3 is 4.90 Å². The van der Waals surface area contributed by atoms with Crippen LogP contribution >= 0.6 is 11.6 Å². The predicted molar refractivity (Wildman–Crippen MR) is 74.2 cm³/mol. The minimum absolute atomic E-state index is 0.631. The summed E-state index contributed by atoms with van der Waals surface area (Å²) >= 11 is 6.05. The van der Waals surface area contributed by atoms with Crippen molar-refractivity contribution in [3.05, 3.63) is 47.2 Å². The van der Waals surface area contributed by atoms with Crippen LogP contribution in [0.5, 0.6) is 0 Å². The molecule has 1 N–H and O–H groups in total. The number of rotatable bonds is 2. The first-order chi connectivity index (χ1) is 8.83. The Morgan fingerprint density at radius 3 is 2.78 bits per heavy atom. The Labute approximate surface area is 112 Å². The zero-order valence-corrected chi connectivity index (χ0v) is 10.9. The fraction of sp³-hybridized carbons (Fsp3) is 0.357. The summed E-state index contributed by atoms with van der Waals surface area (Å²) in [6, 6.07) is 8.26. The molecule has 1 aromatic carbocycles. The molecule has 0 bridgehead atoms. The molecule has 0 saturated carbocycles. The average Bonchev–Trinajstić information content (AvgIpc) is 2.93. The van der Waals surface area contributed by atoms with Gasteiger partial charge in [-0.15, -0.1) is 0 Å². The Morgan fingerprint density at radius 2 is 2.11 bits per heavy atom. The van der Waals surface area contributed by atoms with Crippen LogP contribution in [0, 0.1) is 0 Å². The molecule has 1 fully saturated rings. The maximum atomic E-state index is 6.05. The molecule has 1 aliphatic heterocycles. The van der Waals surface area contributed by atoms with Gasteiger partial charge in [-0.3, -0.25) is 5.10 Å². The zero-order chi connectivity index (χ0) is 12.4. The van der Waals surface area contributed by atoms with Gasteiger partial charge in [0, 0.05) is 24.3 Å². The van der Waals surface area contributed by atoms with Crippen molar-refractivity contribution < 1.29 is 0 Å². The molecule has 2 aromatic rings. The van der Waals surface area contributed by atoms with E-state index in [1.807, 2.05) is 24.5 Å². The summed E-state index contributed by atoms with van der Waals surface area (Å²) in [4.78, 5) is 2.38. The lowest BCUT2D eigenvalue weighted by atomic mass is 9.89. The highest BCUT2D eigenvalue weighted by Gasteiger charge is 2.21. The molecule has 0 atom stereocenters. The second-order valence-electron chi connectivity index (χ2n) is 4.77. The van der Waals surface area contributed by atoms with Crippen molar-refractivity contribution in [1.82, 2.24) is 10.2 Å². The SMILES string of the molecule is Clc1cccc(C2CCN(c3cn[nH]c3)CC2)c1. The number of anilines is 1. The van der Waals surface area contributed by atoms with Crippen LogP contribution in [0.25, 0.3) is 0 Å². The van der Waals surface area contributed by atoms with Crippen molar-refractivity contribution in [3.8, 4) is 0 Å². The molecule has 0 aliphatic carbocycles. The van der Waals surface area contributed by atoms with E-state index in [-0.39, 0.29) is 0 Å². The molecule has 94 valence electrons. The van der Waals surface area contributed by atoms with Gasteiger partial charge in [-0.25, -0.2) is 0 Å². The fourth-order valence-corrected chi connectivity index (χ4v) is 2.85. The Bertz CT molecular complexity index is 502. The number of halogens is 1. The van der Waals surface area contributed by atoms with Gasteiger partial charge in [0.05, 0.1) is 11.9 Å². The summed E-state index contributed by atoms with van der Waals surface area (Å²) in [5.74, 6) is 0.631. The number of aromatic amines is 1. The molecule has 3 rings (SSSR count). The van der Waals surface area contributed by atoms with Crippen molar-refractivity contribution >= 4 is 17.3 Å². The number of nitrogens with zero attached hydrogens (tertiary/aromatic N) is 2. The number of H-pyrrole nitrogens is 1. The number of hydrogen-bond donors (Lipinski definition) is 1. The molecular formula is C14H16ClN3. The van der Waals surface area contributed by atoms with Gasteiger partial charge in [0.2, 0.25) is 0 Å². The van der Waals surface area contributed by atoms with Crippen LogP contribution in [0.4, 0.5) is 5.69 Å². The summed E-state index contributed by atoms with van der Waals surface area (Å²) in [6.45, 7) is 2.16. The zero-order valence-electron chi connectivity index (χ0n) is 10.1. The highest BCUT2D eigenvalue weighted by atomic mass is 35.5. The normalized spacial score (nSPS) is 17.1. The minimum Gasteiger partial charge on any atom is -0.369 e. The topological polar surface area (TPSA) is 31.9 Å². The van der Waals surface area contributed by atoms with Gasteiger partial charge in [0.1, 0.15) is 0 Å². The van der Waals surface area contributed by atoms with Crippen LogP contribution in [0.1, 0.15) is 24.3 Å². The molecule has 0 spiro atoms. The first-order valence-corrected chi connectivity index (χ1v) is 6.70. The lowest BCUT2D eigenvalue weighted by Gasteiger charge is -2.32. The van der Waals surface area contributed by atoms with Gasteiger partial charge in [0.25, 0.3) is 0 Å². The smallest absolute Gasteiger partial charge is 0.0749 e. The van der Waals surface area contributed by atoms with Gasteiger partial charge >= 0.3 is 0 Å². The molecule has 0 amide bonds. The van der Waals surface area contributed by atoms with E-state index in [2.05, 4.69) is 27.2 Å². The Hall–Kier alpha value is -1.48.